The highest BCUT2D eigenvalue weighted by Gasteiger charge is 2.21. The number of hydrogen-bond acceptors (Lipinski definition) is 8. The van der Waals surface area contributed by atoms with Crippen LogP contribution in [0.5, 0.6) is 5.75 Å². The van der Waals surface area contributed by atoms with Crippen molar-refractivity contribution in [1.82, 2.24) is 20.2 Å². The Morgan fingerprint density at radius 2 is 1.89 bits per heavy atom. The zero-order valence-electron chi connectivity index (χ0n) is 20.5. The summed E-state index contributed by atoms with van der Waals surface area (Å²) >= 11 is 0. The summed E-state index contributed by atoms with van der Waals surface area (Å²) < 4.78 is 24.4. The number of fused-ring (bicyclic) bond motifs is 1. The fourth-order valence-corrected chi connectivity index (χ4v) is 3.62. The molecule has 1 unspecified atom stereocenters. The van der Waals surface area contributed by atoms with Crippen molar-refractivity contribution >= 4 is 28.5 Å². The number of aromatic nitrogens is 4. The van der Waals surface area contributed by atoms with E-state index in [0.29, 0.717) is 39.7 Å². The molecule has 0 aliphatic carbocycles. The molecular formula is C26H28FN5O4. The van der Waals surface area contributed by atoms with Crippen molar-refractivity contribution in [2.75, 3.05) is 18.5 Å². The zero-order valence-corrected chi connectivity index (χ0v) is 20.5. The van der Waals surface area contributed by atoms with E-state index >= 15 is 0 Å². The molecule has 2 heterocycles. The van der Waals surface area contributed by atoms with Crippen molar-refractivity contribution in [1.29, 1.82) is 0 Å². The first kappa shape index (κ1) is 25.1. The predicted molar refractivity (Wildman–Crippen MR) is 133 cm³/mol. The van der Waals surface area contributed by atoms with Gasteiger partial charge in [-0.3, -0.25) is 5.10 Å². The smallest absolute Gasteiger partial charge is 0.344 e. The highest BCUT2D eigenvalue weighted by atomic mass is 19.1. The van der Waals surface area contributed by atoms with Crippen LogP contribution < -0.4 is 10.1 Å². The number of carbonyl (C=O) groups excluding carboxylic acids is 1. The van der Waals surface area contributed by atoms with E-state index in [2.05, 4.69) is 25.5 Å². The number of aliphatic hydroxyl groups is 1. The molecule has 0 saturated carbocycles. The van der Waals surface area contributed by atoms with Crippen molar-refractivity contribution in [3.05, 3.63) is 71.4 Å². The van der Waals surface area contributed by atoms with Gasteiger partial charge < -0.3 is 19.9 Å². The van der Waals surface area contributed by atoms with Gasteiger partial charge in [0.2, 0.25) is 0 Å². The van der Waals surface area contributed by atoms with Gasteiger partial charge in [0.1, 0.15) is 28.8 Å². The van der Waals surface area contributed by atoms with Crippen molar-refractivity contribution in [3.63, 3.8) is 0 Å². The first-order valence-corrected chi connectivity index (χ1v) is 11.4. The van der Waals surface area contributed by atoms with Crippen LogP contribution in [-0.2, 0) is 9.53 Å². The summed E-state index contributed by atoms with van der Waals surface area (Å²) in [7, 11) is 0. The highest BCUT2D eigenvalue weighted by Crippen LogP contribution is 2.30. The Kier molecular flexibility index (Phi) is 7.16. The molecule has 0 bridgehead atoms. The van der Waals surface area contributed by atoms with Crippen LogP contribution in [0, 0.1) is 12.7 Å². The molecule has 0 spiro atoms. The Balaban J connectivity index is 1.71. The number of carbonyl (C=O) groups is 1. The average molecular weight is 494 g/mol. The molecule has 2 aromatic carbocycles. The molecule has 0 fully saturated rings. The van der Waals surface area contributed by atoms with E-state index in [1.165, 1.54) is 12.1 Å². The third kappa shape index (κ3) is 6.14. The van der Waals surface area contributed by atoms with Gasteiger partial charge in [-0.1, -0.05) is 12.1 Å². The molecule has 9 nitrogen and oxygen atoms in total. The summed E-state index contributed by atoms with van der Waals surface area (Å²) in [6.07, 6.45) is 0. The molecule has 10 heteroatoms. The van der Waals surface area contributed by atoms with Gasteiger partial charge in [0.15, 0.2) is 12.4 Å². The molecule has 4 aromatic rings. The number of anilines is 2. The minimum absolute atomic E-state index is 0.257. The number of nitrogens with zero attached hydrogens (tertiary/aromatic N) is 3. The number of hydrogen-bond donors (Lipinski definition) is 3. The van der Waals surface area contributed by atoms with Gasteiger partial charge in [-0.2, -0.15) is 5.10 Å². The van der Waals surface area contributed by atoms with E-state index < -0.39 is 17.5 Å². The van der Waals surface area contributed by atoms with Gasteiger partial charge in [-0.25, -0.2) is 19.2 Å². The van der Waals surface area contributed by atoms with E-state index in [1.54, 1.807) is 51.1 Å². The number of H-pyrrole nitrogens is 1. The van der Waals surface area contributed by atoms with E-state index in [4.69, 9.17) is 9.47 Å². The molecule has 3 N–H and O–H groups in total. The summed E-state index contributed by atoms with van der Waals surface area (Å²) in [5, 5.41) is 21.1. The monoisotopic (exact) mass is 493 g/mol. The van der Waals surface area contributed by atoms with Crippen molar-refractivity contribution in [2.45, 2.75) is 39.2 Å². The van der Waals surface area contributed by atoms with E-state index in [0.717, 1.165) is 5.69 Å². The number of aryl methyl sites for hydroxylation is 1. The predicted octanol–water partition coefficient (Wildman–Crippen LogP) is 4.39. The summed E-state index contributed by atoms with van der Waals surface area (Å²) in [5.74, 6) is 0.323. The standard InChI is InChI=1S/C26H28FN5O4/c1-15-11-22(32-31-15)29-24-19-10-9-18(35-14-23(34)36-26(2,3)4)12-21(19)28-25(30-24)20(13-33)16-5-7-17(27)8-6-16/h5-12,20,33H,13-14H2,1-4H3,(H2,28,29,30,31,32). The minimum Gasteiger partial charge on any atom is -0.482 e. The number of halogens is 1. The number of ether oxygens (including phenoxy) is 2. The Bertz CT molecular complexity index is 1370. The second-order valence-corrected chi connectivity index (χ2v) is 9.33. The number of nitrogens with one attached hydrogen (secondary N) is 2. The number of aliphatic hydroxyl groups excluding tert-OH is 1. The van der Waals surface area contributed by atoms with Crippen LogP contribution in [-0.4, -0.2) is 50.1 Å². The molecule has 2 aromatic heterocycles. The lowest BCUT2D eigenvalue weighted by molar-refractivity contribution is -0.157. The summed E-state index contributed by atoms with van der Waals surface area (Å²) in [6, 6.07) is 12.8. The average Bonchev–Trinajstić information content (AvgIpc) is 3.22. The lowest BCUT2D eigenvalue weighted by Crippen LogP contribution is -2.27. The number of rotatable bonds is 8. The van der Waals surface area contributed by atoms with Crippen LogP contribution in [0.4, 0.5) is 16.0 Å². The van der Waals surface area contributed by atoms with Crippen LogP contribution in [0.2, 0.25) is 0 Å². The highest BCUT2D eigenvalue weighted by molar-refractivity contribution is 5.91. The number of esters is 1. The third-order valence-electron chi connectivity index (χ3n) is 5.18. The summed E-state index contributed by atoms with van der Waals surface area (Å²) in [6.45, 7) is 6.70. The Morgan fingerprint density at radius 1 is 1.14 bits per heavy atom. The van der Waals surface area contributed by atoms with E-state index in [-0.39, 0.29) is 19.0 Å². The third-order valence-corrected chi connectivity index (χ3v) is 5.18. The molecular weight excluding hydrogens is 465 g/mol. The van der Waals surface area contributed by atoms with Crippen LogP contribution in [0.3, 0.4) is 0 Å². The second-order valence-electron chi connectivity index (χ2n) is 9.33. The van der Waals surface area contributed by atoms with Crippen LogP contribution in [0.1, 0.15) is 43.8 Å². The maximum absolute atomic E-state index is 13.5. The fourth-order valence-electron chi connectivity index (χ4n) is 3.62. The van der Waals surface area contributed by atoms with E-state index in [1.807, 2.05) is 13.0 Å². The Hall–Kier alpha value is -4.05. The van der Waals surface area contributed by atoms with Gasteiger partial charge >= 0.3 is 5.97 Å². The Labute approximate surface area is 207 Å². The van der Waals surface area contributed by atoms with Gasteiger partial charge in [-0.15, -0.1) is 0 Å². The minimum atomic E-state index is -0.614. The lowest BCUT2D eigenvalue weighted by Gasteiger charge is -2.19. The van der Waals surface area contributed by atoms with Crippen LogP contribution in [0.25, 0.3) is 10.9 Å². The van der Waals surface area contributed by atoms with Crippen molar-refractivity contribution in [3.8, 4) is 5.75 Å². The molecule has 0 aliphatic rings. The largest absolute Gasteiger partial charge is 0.482 e. The quantitative estimate of drug-likeness (QED) is 0.309. The molecule has 0 aliphatic heterocycles. The Morgan fingerprint density at radius 3 is 2.53 bits per heavy atom. The number of benzene rings is 2. The van der Waals surface area contributed by atoms with Crippen LogP contribution in [0.15, 0.2) is 48.5 Å². The topological polar surface area (TPSA) is 122 Å². The van der Waals surface area contributed by atoms with E-state index in [9.17, 15) is 14.3 Å². The molecule has 0 saturated heterocycles. The maximum atomic E-state index is 13.5. The zero-order chi connectivity index (χ0) is 25.9. The normalized spacial score (nSPS) is 12.4. The summed E-state index contributed by atoms with van der Waals surface area (Å²) in [4.78, 5) is 21.4. The van der Waals surface area contributed by atoms with Gasteiger partial charge in [0, 0.05) is 23.2 Å². The van der Waals surface area contributed by atoms with Crippen molar-refractivity contribution < 1.29 is 23.8 Å². The first-order valence-electron chi connectivity index (χ1n) is 11.4. The number of aromatic amines is 1. The SMILES string of the molecule is Cc1cc(Nc2nc(C(CO)c3ccc(F)cc3)nc3cc(OCC(=O)OC(C)(C)C)ccc23)n[nH]1. The molecule has 188 valence electrons. The molecule has 0 amide bonds. The maximum Gasteiger partial charge on any atom is 0.344 e. The fraction of sp³-hybridized carbons (Fsp3) is 0.308. The van der Waals surface area contributed by atoms with Gasteiger partial charge in [-0.05, 0) is 57.5 Å². The van der Waals surface area contributed by atoms with Crippen LogP contribution >= 0.6 is 0 Å². The van der Waals surface area contributed by atoms with Crippen molar-refractivity contribution in [2.24, 2.45) is 0 Å². The summed E-state index contributed by atoms with van der Waals surface area (Å²) in [5.41, 5.74) is 1.44. The second kappa shape index (κ2) is 10.3. The van der Waals surface area contributed by atoms with Gasteiger partial charge in [0.05, 0.1) is 18.0 Å². The molecule has 36 heavy (non-hydrogen) atoms. The molecule has 4 rings (SSSR count). The van der Waals surface area contributed by atoms with Gasteiger partial charge in [0.25, 0.3) is 0 Å². The molecule has 1 atom stereocenters. The molecule has 0 radical (unpaired) electrons. The first-order chi connectivity index (χ1) is 17.1. The lowest BCUT2D eigenvalue weighted by atomic mass is 9.99.